The number of hydrogen-bond acceptors (Lipinski definition) is 3. The molecule has 0 unspecified atom stereocenters. The molecule has 0 aromatic heterocycles. The molecule has 158 valence electrons. The molecule has 4 aromatic rings. The van der Waals surface area contributed by atoms with Gasteiger partial charge in [0.05, 0.1) is 5.69 Å². The molecule has 0 atom stereocenters. The second kappa shape index (κ2) is 9.49. The third kappa shape index (κ3) is 4.65. The molecule has 0 aliphatic rings. The SMILES string of the molecule is O=C(c1ccccc1)c1cc(Cl)ccc1NC(=S)NC(=O)c1cccc2c(Cl)cccc12. The van der Waals surface area contributed by atoms with Crippen molar-refractivity contribution in [3.63, 3.8) is 0 Å². The number of carbonyl (C=O) groups is 2. The molecule has 32 heavy (non-hydrogen) atoms. The number of thiocarbonyl (C=S) groups is 1. The third-order valence-electron chi connectivity index (χ3n) is 4.85. The number of fused-ring (bicyclic) bond motifs is 1. The van der Waals surface area contributed by atoms with E-state index in [1.807, 2.05) is 18.2 Å². The molecule has 0 spiro atoms. The number of nitrogens with one attached hydrogen (secondary N) is 2. The van der Waals surface area contributed by atoms with Gasteiger partial charge in [-0.25, -0.2) is 0 Å². The van der Waals surface area contributed by atoms with Crippen molar-refractivity contribution in [2.75, 3.05) is 5.32 Å². The lowest BCUT2D eigenvalue weighted by atomic mass is 10.0. The van der Waals surface area contributed by atoms with E-state index in [9.17, 15) is 9.59 Å². The molecule has 1 amide bonds. The molecule has 0 aliphatic carbocycles. The molecule has 4 aromatic carbocycles. The summed E-state index contributed by atoms with van der Waals surface area (Å²) in [6.45, 7) is 0. The fourth-order valence-electron chi connectivity index (χ4n) is 3.35. The summed E-state index contributed by atoms with van der Waals surface area (Å²) >= 11 is 17.7. The molecule has 4 nitrogen and oxygen atoms in total. The lowest BCUT2D eigenvalue weighted by Crippen LogP contribution is -2.34. The van der Waals surface area contributed by atoms with Crippen molar-refractivity contribution in [2.45, 2.75) is 0 Å². The summed E-state index contributed by atoms with van der Waals surface area (Å²) in [5.74, 6) is -0.603. The van der Waals surface area contributed by atoms with Crippen LogP contribution in [-0.4, -0.2) is 16.8 Å². The second-order valence-corrected chi connectivity index (χ2v) is 8.19. The molecule has 4 rings (SSSR count). The zero-order chi connectivity index (χ0) is 22.7. The van der Waals surface area contributed by atoms with Crippen LogP contribution in [0.5, 0.6) is 0 Å². The van der Waals surface area contributed by atoms with E-state index in [0.29, 0.717) is 37.8 Å². The number of benzene rings is 4. The highest BCUT2D eigenvalue weighted by atomic mass is 35.5. The van der Waals surface area contributed by atoms with E-state index in [-0.39, 0.29) is 16.8 Å². The van der Waals surface area contributed by atoms with Crippen LogP contribution in [0.15, 0.2) is 84.9 Å². The number of carbonyl (C=O) groups excluding carboxylic acids is 2. The Morgan fingerprint density at radius 1 is 0.750 bits per heavy atom. The van der Waals surface area contributed by atoms with E-state index in [4.69, 9.17) is 35.4 Å². The molecule has 0 aliphatic heterocycles. The van der Waals surface area contributed by atoms with Crippen molar-refractivity contribution in [2.24, 2.45) is 0 Å². The molecule has 0 bridgehead atoms. The molecule has 0 saturated heterocycles. The summed E-state index contributed by atoms with van der Waals surface area (Å²) < 4.78 is 0. The predicted octanol–water partition coefficient (Wildman–Crippen LogP) is 6.50. The van der Waals surface area contributed by atoms with Crippen LogP contribution in [0.3, 0.4) is 0 Å². The van der Waals surface area contributed by atoms with Crippen LogP contribution in [0.25, 0.3) is 10.8 Å². The zero-order valence-corrected chi connectivity index (χ0v) is 18.9. The monoisotopic (exact) mass is 478 g/mol. The van der Waals surface area contributed by atoms with E-state index >= 15 is 0 Å². The van der Waals surface area contributed by atoms with E-state index in [1.54, 1.807) is 66.7 Å². The quantitative estimate of drug-likeness (QED) is 0.259. The normalized spacial score (nSPS) is 10.6. The largest absolute Gasteiger partial charge is 0.332 e. The summed E-state index contributed by atoms with van der Waals surface area (Å²) in [4.78, 5) is 25.9. The van der Waals surface area contributed by atoms with Crippen LogP contribution in [0, 0.1) is 0 Å². The van der Waals surface area contributed by atoms with Crippen LogP contribution < -0.4 is 10.6 Å². The molecule has 0 fully saturated rings. The molecule has 2 N–H and O–H groups in total. The maximum Gasteiger partial charge on any atom is 0.258 e. The number of hydrogen-bond donors (Lipinski definition) is 2. The number of ketones is 1. The van der Waals surface area contributed by atoms with Crippen molar-refractivity contribution >= 4 is 68.7 Å². The van der Waals surface area contributed by atoms with E-state index in [1.165, 1.54) is 0 Å². The first-order valence-electron chi connectivity index (χ1n) is 9.63. The summed E-state index contributed by atoms with van der Waals surface area (Å²) in [6.07, 6.45) is 0. The first kappa shape index (κ1) is 22.0. The van der Waals surface area contributed by atoms with Gasteiger partial charge in [0.15, 0.2) is 10.9 Å². The maximum atomic E-state index is 13.0. The number of halogens is 2. The van der Waals surface area contributed by atoms with Gasteiger partial charge in [-0.05, 0) is 47.9 Å². The molecule has 0 heterocycles. The van der Waals surface area contributed by atoms with Crippen molar-refractivity contribution in [1.82, 2.24) is 5.32 Å². The Kier molecular flexibility index (Phi) is 6.51. The van der Waals surface area contributed by atoms with Crippen LogP contribution in [0.1, 0.15) is 26.3 Å². The fourth-order valence-corrected chi connectivity index (χ4v) is 3.96. The average molecular weight is 479 g/mol. The average Bonchev–Trinajstić information content (AvgIpc) is 2.80. The van der Waals surface area contributed by atoms with Crippen LogP contribution >= 0.6 is 35.4 Å². The highest BCUT2D eigenvalue weighted by Crippen LogP contribution is 2.26. The minimum absolute atomic E-state index is 0.0541. The van der Waals surface area contributed by atoms with Crippen molar-refractivity contribution < 1.29 is 9.59 Å². The van der Waals surface area contributed by atoms with Crippen LogP contribution in [0.4, 0.5) is 5.69 Å². The van der Waals surface area contributed by atoms with Crippen molar-refractivity contribution in [3.05, 3.63) is 112 Å². The minimum Gasteiger partial charge on any atom is -0.332 e. The van der Waals surface area contributed by atoms with Gasteiger partial charge in [0.2, 0.25) is 0 Å². The smallest absolute Gasteiger partial charge is 0.258 e. The first-order chi connectivity index (χ1) is 15.4. The fraction of sp³-hybridized carbons (Fsp3) is 0. The maximum absolute atomic E-state index is 13.0. The van der Waals surface area contributed by atoms with Gasteiger partial charge in [-0.1, -0.05) is 77.8 Å². The highest BCUT2D eigenvalue weighted by Gasteiger charge is 2.17. The van der Waals surface area contributed by atoms with Gasteiger partial charge < -0.3 is 5.32 Å². The van der Waals surface area contributed by atoms with Crippen LogP contribution in [0.2, 0.25) is 10.0 Å². The van der Waals surface area contributed by atoms with Gasteiger partial charge in [0, 0.05) is 32.1 Å². The summed E-state index contributed by atoms with van der Waals surface area (Å²) in [5.41, 5.74) is 1.73. The summed E-state index contributed by atoms with van der Waals surface area (Å²) in [7, 11) is 0. The van der Waals surface area contributed by atoms with E-state index < -0.39 is 0 Å². The van der Waals surface area contributed by atoms with Gasteiger partial charge in [0.1, 0.15) is 0 Å². The topological polar surface area (TPSA) is 58.2 Å². The Morgan fingerprint density at radius 2 is 1.47 bits per heavy atom. The zero-order valence-electron chi connectivity index (χ0n) is 16.6. The lowest BCUT2D eigenvalue weighted by molar-refractivity contribution is 0.0978. The highest BCUT2D eigenvalue weighted by molar-refractivity contribution is 7.80. The van der Waals surface area contributed by atoms with E-state index in [2.05, 4.69) is 10.6 Å². The molecular formula is C25H16Cl2N2O2S. The summed E-state index contributed by atoms with van der Waals surface area (Å²) in [5, 5.41) is 8.13. The summed E-state index contributed by atoms with van der Waals surface area (Å²) in [6, 6.07) is 24.4. The molecule has 0 radical (unpaired) electrons. The predicted molar refractivity (Wildman–Crippen MR) is 134 cm³/mol. The van der Waals surface area contributed by atoms with Crippen molar-refractivity contribution in [1.29, 1.82) is 0 Å². The minimum atomic E-state index is -0.389. The second-order valence-electron chi connectivity index (χ2n) is 6.93. The van der Waals surface area contributed by atoms with Gasteiger partial charge in [-0.3, -0.25) is 14.9 Å². The standard InChI is InChI=1S/C25H16Cl2N2O2S/c26-16-12-13-22(20(14-16)23(30)15-6-2-1-3-7-15)28-25(32)29-24(31)19-10-4-9-18-17(19)8-5-11-21(18)27/h1-14H,(H2,28,29,31,32). The number of amides is 1. The first-order valence-corrected chi connectivity index (χ1v) is 10.8. The van der Waals surface area contributed by atoms with E-state index in [0.717, 1.165) is 5.39 Å². The van der Waals surface area contributed by atoms with Gasteiger partial charge in [-0.2, -0.15) is 0 Å². The molecule has 0 saturated carbocycles. The van der Waals surface area contributed by atoms with Gasteiger partial charge in [-0.15, -0.1) is 0 Å². The third-order valence-corrected chi connectivity index (χ3v) is 5.62. The Hall–Kier alpha value is -3.25. The molecular weight excluding hydrogens is 463 g/mol. The van der Waals surface area contributed by atoms with Gasteiger partial charge >= 0.3 is 0 Å². The lowest BCUT2D eigenvalue weighted by Gasteiger charge is -2.14. The Labute approximate surface area is 200 Å². The Bertz CT molecular complexity index is 1360. The van der Waals surface area contributed by atoms with Crippen LogP contribution in [-0.2, 0) is 0 Å². The molecule has 7 heteroatoms. The number of anilines is 1. The van der Waals surface area contributed by atoms with Crippen molar-refractivity contribution in [3.8, 4) is 0 Å². The van der Waals surface area contributed by atoms with Gasteiger partial charge in [0.25, 0.3) is 5.91 Å². The Balaban J connectivity index is 1.57. The number of rotatable bonds is 4. The Morgan fingerprint density at radius 3 is 2.25 bits per heavy atom.